The Balaban J connectivity index is 1.53. The molecule has 0 spiro atoms. The second kappa shape index (κ2) is 12.5. The van der Waals surface area contributed by atoms with E-state index in [1.807, 2.05) is 0 Å². The van der Waals surface area contributed by atoms with E-state index >= 15 is 0 Å². The minimum atomic E-state index is -4.60. The smallest absolute Gasteiger partial charge is 0.384 e. The largest absolute Gasteiger partial charge is 0.416 e. The summed E-state index contributed by atoms with van der Waals surface area (Å²) in [6.07, 6.45) is -3.11. The maximum Gasteiger partial charge on any atom is 0.416 e. The molecule has 0 bridgehead atoms. The van der Waals surface area contributed by atoms with E-state index in [9.17, 15) is 31.2 Å². The number of anilines is 4. The molecule has 3 amide bonds. The third-order valence-corrected chi connectivity index (χ3v) is 7.19. The van der Waals surface area contributed by atoms with E-state index in [4.69, 9.17) is 10.9 Å². The fourth-order valence-electron chi connectivity index (χ4n) is 3.97. The van der Waals surface area contributed by atoms with Gasteiger partial charge in [0.15, 0.2) is 0 Å². The normalized spacial score (nSPS) is 11.6. The molecule has 4 aromatic rings. The number of amides is 3. The molecule has 0 saturated heterocycles. The van der Waals surface area contributed by atoms with Gasteiger partial charge in [-0.1, -0.05) is 24.3 Å². The standard InChI is InChI=1S/C28H26F3N7O4S/c1-17-5-8-21(36-26(39)19-3-2-4-20(13-19)28(29,30)31)14-23(17)37-27(40)38(25-15-24(32)34-16-35-25)12-11-18-6-9-22(10-7-18)43(33,41)42/h2-10,13-16H,11-12H2,1H3,(H,36,39)(H,37,40)(H2,32,34,35)(H2,33,41,42). The van der Waals surface area contributed by atoms with Gasteiger partial charge in [-0.2, -0.15) is 13.2 Å². The molecule has 0 aliphatic rings. The van der Waals surface area contributed by atoms with Crippen LogP contribution in [0.2, 0.25) is 0 Å². The van der Waals surface area contributed by atoms with Gasteiger partial charge in [-0.3, -0.25) is 9.69 Å². The van der Waals surface area contributed by atoms with Gasteiger partial charge in [0.1, 0.15) is 18.0 Å². The summed E-state index contributed by atoms with van der Waals surface area (Å²) in [5.41, 5.74) is 6.55. The number of urea groups is 1. The van der Waals surface area contributed by atoms with Crippen molar-refractivity contribution in [1.82, 2.24) is 9.97 Å². The first-order chi connectivity index (χ1) is 20.2. The fraction of sp³-hybridized carbons (Fsp3) is 0.143. The van der Waals surface area contributed by atoms with Gasteiger partial charge < -0.3 is 16.4 Å². The monoisotopic (exact) mass is 613 g/mol. The number of hydrogen-bond acceptors (Lipinski definition) is 7. The third kappa shape index (κ3) is 8.05. The van der Waals surface area contributed by atoms with E-state index in [1.54, 1.807) is 31.2 Å². The number of sulfonamides is 1. The Bertz CT molecular complexity index is 1770. The van der Waals surface area contributed by atoms with Crippen molar-refractivity contribution >= 4 is 45.0 Å². The molecule has 224 valence electrons. The van der Waals surface area contributed by atoms with Crippen LogP contribution in [0.3, 0.4) is 0 Å². The minimum absolute atomic E-state index is 0.0510. The number of alkyl halides is 3. The first kappa shape index (κ1) is 30.9. The molecule has 0 fully saturated rings. The van der Waals surface area contributed by atoms with Crippen molar-refractivity contribution in [2.75, 3.05) is 27.8 Å². The molecule has 0 aliphatic carbocycles. The van der Waals surface area contributed by atoms with E-state index < -0.39 is 33.7 Å². The van der Waals surface area contributed by atoms with Crippen LogP contribution in [-0.2, 0) is 22.6 Å². The number of carbonyl (C=O) groups excluding carboxylic acids is 2. The first-order valence-corrected chi connectivity index (χ1v) is 14.1. The lowest BCUT2D eigenvalue weighted by Crippen LogP contribution is -2.37. The van der Waals surface area contributed by atoms with Gasteiger partial charge in [0.05, 0.1) is 10.5 Å². The number of aryl methyl sites for hydroxylation is 1. The van der Waals surface area contributed by atoms with Crippen molar-refractivity contribution < 1.29 is 31.2 Å². The molecule has 0 saturated carbocycles. The topological polar surface area (TPSA) is 173 Å². The summed E-state index contributed by atoms with van der Waals surface area (Å²) in [5, 5.41) is 10.5. The fourth-order valence-corrected chi connectivity index (χ4v) is 4.49. The van der Waals surface area contributed by atoms with Crippen LogP contribution < -0.4 is 26.4 Å². The quantitative estimate of drug-likeness (QED) is 0.225. The molecule has 0 radical (unpaired) electrons. The van der Waals surface area contributed by atoms with E-state index in [-0.39, 0.29) is 34.3 Å². The summed E-state index contributed by atoms with van der Waals surface area (Å²) >= 11 is 0. The van der Waals surface area contributed by atoms with Crippen molar-refractivity contribution in [2.45, 2.75) is 24.4 Å². The maximum absolute atomic E-state index is 13.5. The molecule has 11 nitrogen and oxygen atoms in total. The Labute approximate surface area is 244 Å². The summed E-state index contributed by atoms with van der Waals surface area (Å²) in [6, 6.07) is 15.3. The van der Waals surface area contributed by atoms with E-state index in [1.165, 1.54) is 41.6 Å². The molecule has 15 heteroatoms. The Hall–Kier alpha value is -5.02. The van der Waals surface area contributed by atoms with Crippen LogP contribution in [0.4, 0.5) is 41.0 Å². The Morgan fingerprint density at radius 1 is 0.953 bits per heavy atom. The average molecular weight is 614 g/mol. The molecule has 4 rings (SSSR count). The van der Waals surface area contributed by atoms with Crippen molar-refractivity contribution in [3.8, 4) is 0 Å². The van der Waals surface area contributed by atoms with Crippen molar-refractivity contribution in [1.29, 1.82) is 0 Å². The number of nitrogens with one attached hydrogen (secondary N) is 2. The Morgan fingerprint density at radius 2 is 1.67 bits per heavy atom. The van der Waals surface area contributed by atoms with Gasteiger partial charge in [-0.15, -0.1) is 0 Å². The summed E-state index contributed by atoms with van der Waals surface area (Å²) in [6.45, 7) is 1.82. The molecule has 3 aromatic carbocycles. The number of primary sulfonamides is 1. The van der Waals surface area contributed by atoms with Gasteiger partial charge in [-0.05, 0) is 66.9 Å². The van der Waals surface area contributed by atoms with Crippen LogP contribution in [0.15, 0.2) is 84.0 Å². The number of carbonyl (C=O) groups is 2. The minimum Gasteiger partial charge on any atom is -0.384 e. The van der Waals surface area contributed by atoms with Crippen molar-refractivity contribution in [3.63, 3.8) is 0 Å². The third-order valence-electron chi connectivity index (χ3n) is 6.26. The number of halogens is 3. The van der Waals surface area contributed by atoms with Crippen LogP contribution in [0.5, 0.6) is 0 Å². The van der Waals surface area contributed by atoms with Gasteiger partial charge in [0.2, 0.25) is 10.0 Å². The van der Waals surface area contributed by atoms with Crippen LogP contribution >= 0.6 is 0 Å². The number of nitrogens with two attached hydrogens (primary N) is 2. The Morgan fingerprint density at radius 3 is 2.33 bits per heavy atom. The second-order valence-electron chi connectivity index (χ2n) is 9.38. The van der Waals surface area contributed by atoms with Crippen molar-refractivity contribution in [3.05, 3.63) is 101 Å². The first-order valence-electron chi connectivity index (χ1n) is 12.6. The summed E-state index contributed by atoms with van der Waals surface area (Å²) in [4.78, 5) is 35.4. The zero-order valence-electron chi connectivity index (χ0n) is 22.6. The molecule has 43 heavy (non-hydrogen) atoms. The van der Waals surface area contributed by atoms with E-state index in [0.29, 0.717) is 23.2 Å². The van der Waals surface area contributed by atoms with E-state index in [0.717, 1.165) is 18.2 Å². The molecule has 1 aromatic heterocycles. The molecular weight excluding hydrogens is 587 g/mol. The summed E-state index contributed by atoms with van der Waals surface area (Å²) < 4.78 is 62.3. The molecular formula is C28H26F3N7O4S. The van der Waals surface area contributed by atoms with Gasteiger partial charge in [0, 0.05) is 29.5 Å². The van der Waals surface area contributed by atoms with Crippen LogP contribution in [0, 0.1) is 6.92 Å². The highest BCUT2D eigenvalue weighted by Crippen LogP contribution is 2.30. The summed E-state index contributed by atoms with van der Waals surface area (Å²) in [7, 11) is -3.86. The van der Waals surface area contributed by atoms with Crippen molar-refractivity contribution in [2.24, 2.45) is 5.14 Å². The lowest BCUT2D eigenvalue weighted by Gasteiger charge is -2.23. The van der Waals surface area contributed by atoms with Gasteiger partial charge in [-0.25, -0.2) is 28.3 Å². The predicted molar refractivity (Wildman–Crippen MR) is 155 cm³/mol. The predicted octanol–water partition coefficient (Wildman–Crippen LogP) is 4.57. The molecule has 0 atom stereocenters. The lowest BCUT2D eigenvalue weighted by atomic mass is 10.1. The zero-order valence-corrected chi connectivity index (χ0v) is 23.4. The van der Waals surface area contributed by atoms with Gasteiger partial charge >= 0.3 is 12.2 Å². The highest BCUT2D eigenvalue weighted by atomic mass is 32.2. The number of aromatic nitrogens is 2. The Kier molecular flexibility index (Phi) is 8.96. The average Bonchev–Trinajstić information content (AvgIpc) is 2.94. The molecule has 0 unspecified atom stereocenters. The maximum atomic E-state index is 13.5. The van der Waals surface area contributed by atoms with Crippen LogP contribution in [0.1, 0.15) is 27.0 Å². The highest BCUT2D eigenvalue weighted by molar-refractivity contribution is 7.89. The molecule has 1 heterocycles. The second-order valence-corrected chi connectivity index (χ2v) is 10.9. The number of hydrogen-bond donors (Lipinski definition) is 4. The zero-order chi connectivity index (χ0) is 31.4. The number of benzene rings is 3. The number of nitrogen functional groups attached to an aromatic ring is 1. The number of rotatable bonds is 8. The lowest BCUT2D eigenvalue weighted by molar-refractivity contribution is -0.137. The van der Waals surface area contributed by atoms with E-state index in [2.05, 4.69) is 20.6 Å². The van der Waals surface area contributed by atoms with Crippen LogP contribution in [-0.4, -0.2) is 36.9 Å². The SMILES string of the molecule is Cc1ccc(NC(=O)c2cccc(C(F)(F)F)c2)cc1NC(=O)N(CCc1ccc(S(N)(=O)=O)cc1)c1cc(N)ncn1. The summed E-state index contributed by atoms with van der Waals surface area (Å²) in [5.74, 6) is -0.452. The molecule has 0 aliphatic heterocycles. The molecule has 6 N–H and O–H groups in total. The highest BCUT2D eigenvalue weighted by Gasteiger charge is 2.31. The number of nitrogens with zero attached hydrogens (tertiary/aromatic N) is 3. The van der Waals surface area contributed by atoms with Crippen LogP contribution in [0.25, 0.3) is 0 Å². The van der Waals surface area contributed by atoms with Gasteiger partial charge in [0.25, 0.3) is 5.91 Å².